The number of nitrogens with one attached hydrogen (secondary N) is 1. The molecule has 0 fully saturated rings. The highest BCUT2D eigenvalue weighted by Crippen LogP contribution is 2.25. The molecule has 3 aromatic carbocycles. The summed E-state index contributed by atoms with van der Waals surface area (Å²) in [6, 6.07) is 22.0. The Hall–Kier alpha value is -4.04. The second-order valence-corrected chi connectivity index (χ2v) is 9.17. The quantitative estimate of drug-likeness (QED) is 0.385. The number of para-hydroxylation sites is 1. The SMILES string of the molecule is O=S(=O)(Nc1ccc(-c2nccn2Cc2cccc(F)c2)cc1)c1cccc2cccnc12. The van der Waals surface area contributed by atoms with Crippen LogP contribution >= 0.6 is 0 Å². The number of anilines is 1. The van der Waals surface area contributed by atoms with Crippen LogP contribution in [0.3, 0.4) is 0 Å². The minimum atomic E-state index is -3.83. The number of benzene rings is 3. The number of halogens is 1. The van der Waals surface area contributed by atoms with E-state index in [4.69, 9.17) is 0 Å². The Kier molecular flexibility index (Phi) is 5.35. The molecular formula is C25H19FN4O2S. The van der Waals surface area contributed by atoms with Crippen LogP contribution < -0.4 is 4.72 Å². The molecule has 0 saturated heterocycles. The molecule has 2 heterocycles. The van der Waals surface area contributed by atoms with Gasteiger partial charge in [0, 0.05) is 41.8 Å². The zero-order valence-corrected chi connectivity index (χ0v) is 18.2. The molecule has 0 aliphatic heterocycles. The van der Waals surface area contributed by atoms with E-state index in [2.05, 4.69) is 14.7 Å². The topological polar surface area (TPSA) is 76.9 Å². The second kappa shape index (κ2) is 8.48. The molecule has 0 amide bonds. The number of fused-ring (bicyclic) bond motifs is 1. The van der Waals surface area contributed by atoms with Gasteiger partial charge in [0.15, 0.2) is 0 Å². The third-order valence-electron chi connectivity index (χ3n) is 5.24. The normalized spacial score (nSPS) is 11.5. The average Bonchev–Trinajstić information content (AvgIpc) is 3.27. The lowest BCUT2D eigenvalue weighted by atomic mass is 10.2. The Bertz CT molecular complexity index is 1540. The molecule has 0 radical (unpaired) electrons. The molecule has 0 unspecified atom stereocenters. The molecule has 0 aliphatic rings. The third-order valence-corrected chi connectivity index (χ3v) is 6.65. The Morgan fingerprint density at radius 2 is 1.67 bits per heavy atom. The first-order valence-corrected chi connectivity index (χ1v) is 11.7. The Balaban J connectivity index is 1.39. The highest BCUT2D eigenvalue weighted by molar-refractivity contribution is 7.93. The van der Waals surface area contributed by atoms with Gasteiger partial charge in [0.25, 0.3) is 10.0 Å². The predicted octanol–water partition coefficient (Wildman–Crippen LogP) is 5.09. The first-order valence-electron chi connectivity index (χ1n) is 10.2. The van der Waals surface area contributed by atoms with Crippen molar-refractivity contribution in [2.75, 3.05) is 4.72 Å². The van der Waals surface area contributed by atoms with Crippen LogP contribution in [-0.4, -0.2) is 23.0 Å². The molecule has 5 rings (SSSR count). The lowest BCUT2D eigenvalue weighted by molar-refractivity contribution is 0.602. The summed E-state index contributed by atoms with van der Waals surface area (Å²) in [4.78, 5) is 8.77. The van der Waals surface area contributed by atoms with Gasteiger partial charge < -0.3 is 4.57 Å². The van der Waals surface area contributed by atoms with Gasteiger partial charge in [-0.25, -0.2) is 17.8 Å². The van der Waals surface area contributed by atoms with E-state index in [-0.39, 0.29) is 10.7 Å². The summed E-state index contributed by atoms with van der Waals surface area (Å²) in [6.07, 6.45) is 5.07. The predicted molar refractivity (Wildman–Crippen MR) is 126 cm³/mol. The standard InChI is InChI=1S/C25H19FN4O2S/c26-21-7-1-4-18(16-21)17-30-15-14-28-25(30)20-9-11-22(12-10-20)29-33(31,32)23-8-2-5-19-6-3-13-27-24(19)23/h1-16,29H,17H2. The monoisotopic (exact) mass is 458 g/mol. The van der Waals surface area contributed by atoms with Crippen molar-refractivity contribution in [3.63, 3.8) is 0 Å². The van der Waals surface area contributed by atoms with Gasteiger partial charge in [-0.2, -0.15) is 0 Å². The van der Waals surface area contributed by atoms with Gasteiger partial charge in [0.1, 0.15) is 16.5 Å². The van der Waals surface area contributed by atoms with E-state index in [0.29, 0.717) is 23.6 Å². The van der Waals surface area contributed by atoms with E-state index in [9.17, 15) is 12.8 Å². The number of pyridine rings is 1. The third kappa shape index (κ3) is 4.33. The minimum Gasteiger partial charge on any atom is -0.327 e. The van der Waals surface area contributed by atoms with Gasteiger partial charge in [-0.3, -0.25) is 9.71 Å². The molecule has 164 valence electrons. The average molecular weight is 459 g/mol. The van der Waals surface area contributed by atoms with Crippen LogP contribution in [-0.2, 0) is 16.6 Å². The van der Waals surface area contributed by atoms with Crippen LogP contribution in [0.5, 0.6) is 0 Å². The fourth-order valence-electron chi connectivity index (χ4n) is 3.72. The van der Waals surface area contributed by atoms with Crippen LogP contribution in [0.15, 0.2) is 102 Å². The molecule has 5 aromatic rings. The summed E-state index contributed by atoms with van der Waals surface area (Å²) in [5.41, 5.74) is 2.48. The zero-order valence-electron chi connectivity index (χ0n) is 17.4. The van der Waals surface area contributed by atoms with Crippen molar-refractivity contribution < 1.29 is 12.8 Å². The number of imidazole rings is 1. The number of hydrogen-bond acceptors (Lipinski definition) is 4. The van der Waals surface area contributed by atoms with Gasteiger partial charge in [-0.15, -0.1) is 0 Å². The molecule has 0 saturated carbocycles. The molecule has 0 bridgehead atoms. The van der Waals surface area contributed by atoms with Crippen LogP contribution in [0.2, 0.25) is 0 Å². The summed E-state index contributed by atoms with van der Waals surface area (Å²) in [5.74, 6) is 0.416. The van der Waals surface area contributed by atoms with Gasteiger partial charge in [0.2, 0.25) is 0 Å². The molecule has 1 N–H and O–H groups in total. The van der Waals surface area contributed by atoms with Crippen molar-refractivity contribution in [2.24, 2.45) is 0 Å². The molecule has 0 atom stereocenters. The van der Waals surface area contributed by atoms with E-state index >= 15 is 0 Å². The zero-order chi connectivity index (χ0) is 22.8. The molecule has 33 heavy (non-hydrogen) atoms. The van der Waals surface area contributed by atoms with E-state index in [0.717, 1.165) is 16.5 Å². The van der Waals surface area contributed by atoms with E-state index < -0.39 is 10.0 Å². The highest BCUT2D eigenvalue weighted by Gasteiger charge is 2.18. The number of sulfonamides is 1. The molecule has 6 nitrogen and oxygen atoms in total. The van der Waals surface area contributed by atoms with Crippen LogP contribution in [0.4, 0.5) is 10.1 Å². The maximum Gasteiger partial charge on any atom is 0.264 e. The van der Waals surface area contributed by atoms with Gasteiger partial charge in [-0.1, -0.05) is 30.3 Å². The molecule has 0 spiro atoms. The Morgan fingerprint density at radius 1 is 0.879 bits per heavy atom. The summed E-state index contributed by atoms with van der Waals surface area (Å²) < 4.78 is 44.1. The molecule has 2 aromatic heterocycles. The molecule has 0 aliphatic carbocycles. The van der Waals surface area contributed by atoms with Crippen LogP contribution in [0.1, 0.15) is 5.56 Å². The maximum absolute atomic E-state index is 13.5. The summed E-state index contributed by atoms with van der Waals surface area (Å²) in [6.45, 7) is 0.468. The number of aromatic nitrogens is 3. The van der Waals surface area contributed by atoms with Gasteiger partial charge >= 0.3 is 0 Å². The van der Waals surface area contributed by atoms with Crippen molar-refractivity contribution in [3.05, 3.63) is 109 Å². The lowest BCUT2D eigenvalue weighted by Gasteiger charge is -2.11. The number of hydrogen-bond donors (Lipinski definition) is 1. The van der Waals surface area contributed by atoms with E-state index in [1.165, 1.54) is 18.2 Å². The first kappa shape index (κ1) is 20.8. The van der Waals surface area contributed by atoms with Gasteiger partial charge in [0.05, 0.1) is 5.52 Å². The van der Waals surface area contributed by atoms with Crippen LogP contribution in [0.25, 0.3) is 22.3 Å². The number of nitrogens with zero attached hydrogens (tertiary/aromatic N) is 3. The van der Waals surface area contributed by atoms with Gasteiger partial charge in [-0.05, 0) is 54.1 Å². The first-order chi connectivity index (χ1) is 16.0. The summed E-state index contributed by atoms with van der Waals surface area (Å²) in [5, 5.41) is 0.751. The molecule has 8 heteroatoms. The largest absolute Gasteiger partial charge is 0.327 e. The van der Waals surface area contributed by atoms with E-state index in [1.54, 1.807) is 54.9 Å². The van der Waals surface area contributed by atoms with E-state index in [1.807, 2.05) is 29.0 Å². The lowest BCUT2D eigenvalue weighted by Crippen LogP contribution is -2.13. The smallest absolute Gasteiger partial charge is 0.264 e. The highest BCUT2D eigenvalue weighted by atomic mass is 32.2. The molecular weight excluding hydrogens is 439 g/mol. The van der Waals surface area contributed by atoms with Crippen LogP contribution in [0, 0.1) is 5.82 Å². The Labute approximate surface area is 190 Å². The maximum atomic E-state index is 13.5. The fraction of sp³-hybridized carbons (Fsp3) is 0.0400. The minimum absolute atomic E-state index is 0.121. The second-order valence-electron chi connectivity index (χ2n) is 7.52. The van der Waals surface area contributed by atoms with Crippen molar-refractivity contribution in [3.8, 4) is 11.4 Å². The summed E-state index contributed by atoms with van der Waals surface area (Å²) >= 11 is 0. The fourth-order valence-corrected chi connectivity index (χ4v) is 4.96. The number of rotatable bonds is 6. The Morgan fingerprint density at radius 3 is 2.48 bits per heavy atom. The van der Waals surface area contributed by atoms with Crippen molar-refractivity contribution in [2.45, 2.75) is 11.4 Å². The van der Waals surface area contributed by atoms with Crippen molar-refractivity contribution in [1.29, 1.82) is 0 Å². The summed E-state index contributed by atoms with van der Waals surface area (Å²) in [7, 11) is -3.83. The van der Waals surface area contributed by atoms with Crippen molar-refractivity contribution >= 4 is 26.6 Å². The van der Waals surface area contributed by atoms with Crippen molar-refractivity contribution in [1.82, 2.24) is 14.5 Å².